The van der Waals surface area contributed by atoms with Crippen LogP contribution in [0.3, 0.4) is 0 Å². The Kier molecular flexibility index (Phi) is 7.00. The maximum atomic E-state index is 12.6. The van der Waals surface area contributed by atoms with Gasteiger partial charge in [0.05, 0.1) is 25.3 Å². The zero-order chi connectivity index (χ0) is 18.4. The van der Waals surface area contributed by atoms with Crippen molar-refractivity contribution in [2.75, 3.05) is 45.3 Å². The average Bonchev–Trinajstić information content (AvgIpc) is 2.81. The van der Waals surface area contributed by atoms with Crippen LogP contribution in [0.25, 0.3) is 0 Å². The highest BCUT2D eigenvalue weighted by atomic mass is 16.5. The first kappa shape index (κ1) is 19.4. The van der Waals surface area contributed by atoms with E-state index in [1.165, 1.54) is 0 Å². The molecule has 1 saturated heterocycles. The van der Waals surface area contributed by atoms with Crippen LogP contribution in [0.2, 0.25) is 0 Å². The molecule has 7 heteroatoms. The molecule has 0 saturated carbocycles. The maximum absolute atomic E-state index is 12.6. The first-order valence-corrected chi connectivity index (χ1v) is 8.70. The number of aromatic nitrogens is 1. The summed E-state index contributed by atoms with van der Waals surface area (Å²) in [6.07, 6.45) is 0.819. The summed E-state index contributed by atoms with van der Waals surface area (Å²) < 4.78 is 12.5. The summed E-state index contributed by atoms with van der Waals surface area (Å²) in [4.78, 5) is 14.7. The number of nitrogens with zero attached hydrogens (tertiary/aromatic N) is 3. The Morgan fingerprint density at radius 3 is 2.88 bits per heavy atom. The van der Waals surface area contributed by atoms with Crippen molar-refractivity contribution in [3.63, 3.8) is 0 Å². The predicted octanol–water partition coefficient (Wildman–Crippen LogP) is 1.67. The van der Waals surface area contributed by atoms with Gasteiger partial charge in [0.2, 0.25) is 5.91 Å². The Hall–Kier alpha value is -1.88. The third-order valence-electron chi connectivity index (χ3n) is 4.78. The number of carbonyl (C=O) groups excluding carboxylic acids is 1. The van der Waals surface area contributed by atoms with Gasteiger partial charge in [-0.25, -0.2) is 0 Å². The fourth-order valence-electron chi connectivity index (χ4n) is 3.13. The Morgan fingerprint density at radius 1 is 1.48 bits per heavy atom. The second-order valence-corrected chi connectivity index (χ2v) is 6.49. The molecule has 1 amide bonds. The van der Waals surface area contributed by atoms with E-state index in [0.717, 1.165) is 24.2 Å². The summed E-state index contributed by atoms with van der Waals surface area (Å²) in [5.74, 6) is 0.496. The molecule has 0 aromatic carbocycles. The molecule has 1 atom stereocenters. The number of hydrogen-bond acceptors (Lipinski definition) is 5. The molecule has 0 bridgehead atoms. The van der Waals surface area contributed by atoms with Crippen LogP contribution in [0.5, 0.6) is 0 Å². The van der Waals surface area contributed by atoms with Crippen LogP contribution in [0, 0.1) is 25.2 Å². The molecule has 1 N–H and O–H groups in total. The standard InChI is InChI=1S/C18H28N4O3/c1-13-12-25-9-7-21(13)11-17(23)20-18-16(10-19)14(2)15(3)22(18)6-5-8-24-4/h13H,5-9,11-12H2,1-4H3,(H,20,23). The van der Waals surface area contributed by atoms with Crippen molar-refractivity contribution in [1.29, 1.82) is 5.26 Å². The van der Waals surface area contributed by atoms with E-state index in [1.807, 2.05) is 18.4 Å². The monoisotopic (exact) mass is 348 g/mol. The number of nitriles is 1. The van der Waals surface area contributed by atoms with Crippen LogP contribution in [0.15, 0.2) is 0 Å². The normalized spacial score (nSPS) is 18.1. The highest BCUT2D eigenvalue weighted by Crippen LogP contribution is 2.26. The summed E-state index contributed by atoms with van der Waals surface area (Å²) in [7, 11) is 1.67. The van der Waals surface area contributed by atoms with Gasteiger partial charge in [0.25, 0.3) is 0 Å². The van der Waals surface area contributed by atoms with Crippen LogP contribution in [-0.4, -0.2) is 61.4 Å². The lowest BCUT2D eigenvalue weighted by atomic mass is 10.2. The third-order valence-corrected chi connectivity index (χ3v) is 4.78. The molecule has 7 nitrogen and oxygen atoms in total. The van der Waals surface area contributed by atoms with Gasteiger partial charge in [-0.1, -0.05) is 0 Å². The van der Waals surface area contributed by atoms with Crippen molar-refractivity contribution in [3.05, 3.63) is 16.8 Å². The zero-order valence-corrected chi connectivity index (χ0v) is 15.6. The molecular formula is C18H28N4O3. The molecule has 2 heterocycles. The molecule has 0 spiro atoms. The highest BCUT2D eigenvalue weighted by Gasteiger charge is 2.23. The van der Waals surface area contributed by atoms with E-state index in [1.54, 1.807) is 7.11 Å². The molecule has 1 aliphatic rings. The van der Waals surface area contributed by atoms with E-state index >= 15 is 0 Å². The predicted molar refractivity (Wildman–Crippen MR) is 95.6 cm³/mol. The Labute approximate surface area is 149 Å². The second kappa shape index (κ2) is 8.99. The van der Waals surface area contributed by atoms with Gasteiger partial charge in [0, 0.05) is 38.5 Å². The maximum Gasteiger partial charge on any atom is 0.239 e. The molecule has 138 valence electrons. The second-order valence-electron chi connectivity index (χ2n) is 6.49. The molecular weight excluding hydrogens is 320 g/mol. The van der Waals surface area contributed by atoms with Crippen molar-refractivity contribution in [3.8, 4) is 6.07 Å². The van der Waals surface area contributed by atoms with E-state index in [0.29, 0.717) is 44.3 Å². The summed E-state index contributed by atoms with van der Waals surface area (Å²) in [6, 6.07) is 2.45. The van der Waals surface area contributed by atoms with Crippen LogP contribution < -0.4 is 5.32 Å². The van der Waals surface area contributed by atoms with Crippen LogP contribution in [0.4, 0.5) is 5.82 Å². The molecule has 1 aromatic heterocycles. The number of hydrogen-bond donors (Lipinski definition) is 1. The van der Waals surface area contributed by atoms with E-state index in [-0.39, 0.29) is 11.9 Å². The number of morpholine rings is 1. The van der Waals surface area contributed by atoms with E-state index < -0.39 is 0 Å². The van der Waals surface area contributed by atoms with Crippen molar-refractivity contribution >= 4 is 11.7 Å². The number of nitrogens with one attached hydrogen (secondary N) is 1. The van der Waals surface area contributed by atoms with Gasteiger partial charge in [0.15, 0.2) is 0 Å². The van der Waals surface area contributed by atoms with Crippen LogP contribution in [0.1, 0.15) is 30.2 Å². The summed E-state index contributed by atoms with van der Waals surface area (Å²) in [5.41, 5.74) is 2.45. The van der Waals surface area contributed by atoms with Crippen molar-refractivity contribution < 1.29 is 14.3 Å². The average molecular weight is 348 g/mol. The quantitative estimate of drug-likeness (QED) is 0.758. The molecule has 1 unspecified atom stereocenters. The number of rotatable bonds is 7. The minimum absolute atomic E-state index is 0.101. The topological polar surface area (TPSA) is 79.5 Å². The van der Waals surface area contributed by atoms with Gasteiger partial charge >= 0.3 is 0 Å². The summed E-state index contributed by atoms with van der Waals surface area (Å²) in [5, 5.41) is 12.5. The lowest BCUT2D eigenvalue weighted by Gasteiger charge is -2.32. The first-order valence-electron chi connectivity index (χ1n) is 8.70. The molecule has 1 aromatic rings. The van der Waals surface area contributed by atoms with E-state index in [4.69, 9.17) is 9.47 Å². The number of ether oxygens (including phenoxy) is 2. The Morgan fingerprint density at radius 2 is 2.24 bits per heavy atom. The van der Waals surface area contributed by atoms with Gasteiger partial charge in [-0.05, 0) is 32.8 Å². The molecule has 25 heavy (non-hydrogen) atoms. The largest absolute Gasteiger partial charge is 0.385 e. The van der Waals surface area contributed by atoms with Crippen LogP contribution >= 0.6 is 0 Å². The number of carbonyl (C=O) groups is 1. The number of methoxy groups -OCH3 is 1. The first-order chi connectivity index (χ1) is 12.0. The number of anilines is 1. The highest BCUT2D eigenvalue weighted by molar-refractivity contribution is 5.93. The van der Waals surface area contributed by atoms with Gasteiger partial charge in [-0.15, -0.1) is 0 Å². The lowest BCUT2D eigenvalue weighted by molar-refractivity contribution is -0.119. The third kappa shape index (κ3) is 4.60. The summed E-state index contributed by atoms with van der Waals surface area (Å²) >= 11 is 0. The van der Waals surface area contributed by atoms with Gasteiger partial charge in [-0.3, -0.25) is 9.69 Å². The molecule has 0 radical (unpaired) electrons. The lowest BCUT2D eigenvalue weighted by Crippen LogP contribution is -2.47. The van der Waals surface area contributed by atoms with E-state index in [2.05, 4.69) is 23.2 Å². The van der Waals surface area contributed by atoms with Gasteiger partial charge < -0.3 is 19.4 Å². The molecule has 1 aliphatic heterocycles. The fraction of sp³-hybridized carbons (Fsp3) is 0.667. The van der Waals surface area contributed by atoms with Crippen molar-refractivity contribution in [2.45, 2.75) is 39.8 Å². The molecule has 2 rings (SSSR count). The van der Waals surface area contributed by atoms with Crippen molar-refractivity contribution in [2.24, 2.45) is 0 Å². The Balaban J connectivity index is 2.14. The molecule has 1 fully saturated rings. The number of amides is 1. The fourth-order valence-corrected chi connectivity index (χ4v) is 3.13. The van der Waals surface area contributed by atoms with Crippen molar-refractivity contribution in [1.82, 2.24) is 9.47 Å². The smallest absolute Gasteiger partial charge is 0.239 e. The molecule has 0 aliphatic carbocycles. The minimum atomic E-state index is -0.101. The zero-order valence-electron chi connectivity index (χ0n) is 15.6. The van der Waals surface area contributed by atoms with Crippen LogP contribution in [-0.2, 0) is 20.8 Å². The Bertz CT molecular complexity index is 648. The SMILES string of the molecule is COCCCn1c(C)c(C)c(C#N)c1NC(=O)CN1CCOCC1C. The summed E-state index contributed by atoms with van der Waals surface area (Å²) in [6.45, 7) is 9.61. The minimum Gasteiger partial charge on any atom is -0.385 e. The van der Waals surface area contributed by atoms with Gasteiger partial charge in [0.1, 0.15) is 11.9 Å². The van der Waals surface area contributed by atoms with Gasteiger partial charge in [-0.2, -0.15) is 5.26 Å². The van der Waals surface area contributed by atoms with E-state index in [9.17, 15) is 10.1 Å².